The molecule has 0 aromatic rings. The predicted molar refractivity (Wildman–Crippen MR) is 67.7 cm³/mol. The zero-order chi connectivity index (χ0) is 14.6. The fourth-order valence-corrected chi connectivity index (χ4v) is 1.94. The van der Waals surface area contributed by atoms with Gasteiger partial charge in [0.15, 0.2) is 14.6 Å². The molecule has 0 rings (SSSR count). The highest BCUT2D eigenvalue weighted by molar-refractivity contribution is 7.92. The van der Waals surface area contributed by atoms with E-state index in [1.54, 1.807) is 20.8 Å². The van der Waals surface area contributed by atoms with Gasteiger partial charge in [-0.3, -0.25) is 4.79 Å². The number of carbonyl (C=O) groups is 1. The van der Waals surface area contributed by atoms with Crippen LogP contribution >= 0.6 is 0 Å². The number of sulfone groups is 1. The van der Waals surface area contributed by atoms with Crippen molar-refractivity contribution in [1.82, 2.24) is 0 Å². The van der Waals surface area contributed by atoms with E-state index in [4.69, 9.17) is 10.3 Å². The normalized spacial score (nSPS) is 15.4. The molecule has 7 nitrogen and oxygen atoms in total. The lowest BCUT2D eigenvalue weighted by Gasteiger charge is -2.29. The molecule has 1 unspecified atom stereocenters. The average Bonchev–Trinajstić information content (AvgIpc) is 2.13. The van der Waals surface area contributed by atoms with Crippen LogP contribution in [0, 0.1) is 0 Å². The number of nitrogens with zero attached hydrogens (tertiary/aromatic N) is 3. The van der Waals surface area contributed by atoms with Crippen molar-refractivity contribution in [2.45, 2.75) is 44.5 Å². The second kappa shape index (κ2) is 5.58. The molecule has 1 atom stereocenters. The molecule has 0 aliphatic heterocycles. The van der Waals surface area contributed by atoms with E-state index in [2.05, 4.69) is 10.0 Å². The third-order valence-corrected chi connectivity index (χ3v) is 4.41. The van der Waals surface area contributed by atoms with Crippen LogP contribution in [0.4, 0.5) is 0 Å². The highest BCUT2D eigenvalue weighted by Crippen LogP contribution is 2.25. The van der Waals surface area contributed by atoms with Gasteiger partial charge in [0.2, 0.25) is 0 Å². The van der Waals surface area contributed by atoms with Crippen molar-refractivity contribution in [2.24, 2.45) is 5.11 Å². The highest BCUT2D eigenvalue weighted by atomic mass is 32.2. The molecule has 0 fully saturated rings. The summed E-state index contributed by atoms with van der Waals surface area (Å²) < 4.78 is 26.9. The maximum Gasteiger partial charge on any atom is 0.327 e. The molecule has 0 heterocycles. The number of carbonyl (C=O) groups excluding carboxylic acids is 1. The van der Waals surface area contributed by atoms with Crippen LogP contribution < -0.4 is 0 Å². The van der Waals surface area contributed by atoms with Gasteiger partial charge in [-0.15, -0.1) is 0 Å². The molecule has 104 valence electrons. The van der Waals surface area contributed by atoms with Crippen LogP contribution in [-0.4, -0.2) is 37.5 Å². The van der Waals surface area contributed by atoms with E-state index in [-0.39, 0.29) is 13.0 Å². The molecule has 8 heteroatoms. The Morgan fingerprint density at radius 3 is 2.17 bits per heavy atom. The molecule has 0 aromatic heterocycles. The standard InChI is InChI=1S/C10H19N3O4S/c1-9(2,3)17-8(14)10(4,18(5,15)16)6-7-12-13-11/h6-7H2,1-5H3. The fourth-order valence-electron chi connectivity index (χ4n) is 1.13. The lowest BCUT2D eigenvalue weighted by atomic mass is 10.1. The van der Waals surface area contributed by atoms with Gasteiger partial charge in [0.25, 0.3) is 0 Å². The molecule has 0 N–H and O–H groups in total. The minimum atomic E-state index is -3.67. The van der Waals surface area contributed by atoms with Gasteiger partial charge in [-0.1, -0.05) is 5.11 Å². The second-order valence-corrected chi connectivity index (χ2v) is 7.65. The maximum absolute atomic E-state index is 12.0. The van der Waals surface area contributed by atoms with E-state index in [9.17, 15) is 13.2 Å². The predicted octanol–water partition coefficient (Wildman–Crippen LogP) is 1.83. The van der Waals surface area contributed by atoms with Crippen molar-refractivity contribution >= 4 is 15.8 Å². The topological polar surface area (TPSA) is 109 Å². The lowest BCUT2D eigenvalue weighted by Crippen LogP contribution is -2.47. The van der Waals surface area contributed by atoms with E-state index in [0.29, 0.717) is 0 Å². The Kier molecular flexibility index (Phi) is 5.19. The van der Waals surface area contributed by atoms with Crippen LogP contribution in [0.2, 0.25) is 0 Å². The molecule has 0 bridgehead atoms. The summed E-state index contributed by atoms with van der Waals surface area (Å²) in [6.07, 6.45) is 0.859. The first-order chi connectivity index (χ1) is 7.94. The van der Waals surface area contributed by atoms with Crippen molar-refractivity contribution in [2.75, 3.05) is 12.8 Å². The Bertz CT molecular complexity index is 460. The Morgan fingerprint density at radius 2 is 1.83 bits per heavy atom. The minimum Gasteiger partial charge on any atom is -0.459 e. The third kappa shape index (κ3) is 4.54. The molecule has 0 radical (unpaired) electrons. The molecular weight excluding hydrogens is 258 g/mol. The largest absolute Gasteiger partial charge is 0.459 e. The van der Waals surface area contributed by atoms with Crippen LogP contribution in [0.25, 0.3) is 10.4 Å². The monoisotopic (exact) mass is 277 g/mol. The van der Waals surface area contributed by atoms with Crippen LogP contribution in [0.15, 0.2) is 5.11 Å². The summed E-state index contributed by atoms with van der Waals surface area (Å²) in [5, 5.41) is 3.26. The molecule has 0 aliphatic carbocycles. The highest BCUT2D eigenvalue weighted by Gasteiger charge is 2.45. The molecule has 0 spiro atoms. The smallest absolute Gasteiger partial charge is 0.327 e. The number of hydrogen-bond donors (Lipinski definition) is 0. The zero-order valence-corrected chi connectivity index (χ0v) is 12.1. The Balaban J connectivity index is 5.23. The Hall–Kier alpha value is -1.27. The van der Waals surface area contributed by atoms with Crippen molar-refractivity contribution < 1.29 is 17.9 Å². The minimum absolute atomic E-state index is 0.0840. The van der Waals surface area contributed by atoms with Gasteiger partial charge >= 0.3 is 5.97 Å². The van der Waals surface area contributed by atoms with Crippen LogP contribution in [0.3, 0.4) is 0 Å². The van der Waals surface area contributed by atoms with Crippen LogP contribution in [-0.2, 0) is 19.4 Å². The summed E-state index contributed by atoms with van der Waals surface area (Å²) in [5.41, 5.74) is 7.41. The van der Waals surface area contributed by atoms with Gasteiger partial charge in [-0.2, -0.15) is 0 Å². The van der Waals surface area contributed by atoms with Crippen molar-refractivity contribution in [3.8, 4) is 0 Å². The first-order valence-electron chi connectivity index (χ1n) is 5.38. The van der Waals surface area contributed by atoms with Crippen LogP contribution in [0.5, 0.6) is 0 Å². The number of esters is 1. The number of hydrogen-bond acceptors (Lipinski definition) is 5. The molecule has 0 saturated heterocycles. The van der Waals surface area contributed by atoms with Gasteiger partial charge in [0.05, 0.1) is 0 Å². The third-order valence-electron chi connectivity index (χ3n) is 2.40. The molecule has 0 amide bonds. The Morgan fingerprint density at radius 1 is 1.33 bits per heavy atom. The summed E-state index contributed by atoms with van der Waals surface area (Å²) >= 11 is 0. The van der Waals surface area contributed by atoms with E-state index in [0.717, 1.165) is 6.26 Å². The first-order valence-corrected chi connectivity index (χ1v) is 7.27. The van der Waals surface area contributed by atoms with Crippen LogP contribution in [0.1, 0.15) is 34.1 Å². The van der Waals surface area contributed by atoms with Crippen molar-refractivity contribution in [3.63, 3.8) is 0 Å². The van der Waals surface area contributed by atoms with Gasteiger partial charge in [-0.05, 0) is 39.6 Å². The second-order valence-electron chi connectivity index (χ2n) is 5.21. The molecule has 0 aliphatic rings. The fraction of sp³-hybridized carbons (Fsp3) is 0.900. The van der Waals surface area contributed by atoms with Gasteiger partial charge in [0, 0.05) is 17.7 Å². The van der Waals surface area contributed by atoms with E-state index >= 15 is 0 Å². The maximum atomic E-state index is 12.0. The van der Waals surface area contributed by atoms with E-state index in [1.165, 1.54) is 6.92 Å². The number of ether oxygens (including phenoxy) is 1. The lowest BCUT2D eigenvalue weighted by molar-refractivity contribution is -0.157. The van der Waals surface area contributed by atoms with E-state index < -0.39 is 26.2 Å². The molecular formula is C10H19N3O4S. The number of azide groups is 1. The Labute approximate surface area is 107 Å². The van der Waals surface area contributed by atoms with Crippen molar-refractivity contribution in [1.29, 1.82) is 0 Å². The van der Waals surface area contributed by atoms with Crippen molar-refractivity contribution in [3.05, 3.63) is 10.4 Å². The molecule has 0 saturated carbocycles. The number of rotatable bonds is 5. The summed E-state index contributed by atoms with van der Waals surface area (Å²) in [5.74, 6) is -0.828. The first kappa shape index (κ1) is 16.7. The van der Waals surface area contributed by atoms with Gasteiger partial charge in [0.1, 0.15) is 5.60 Å². The zero-order valence-electron chi connectivity index (χ0n) is 11.3. The quantitative estimate of drug-likeness (QED) is 0.330. The summed E-state index contributed by atoms with van der Waals surface area (Å²) in [7, 11) is -3.67. The average molecular weight is 277 g/mol. The van der Waals surface area contributed by atoms with E-state index in [1.807, 2.05) is 0 Å². The van der Waals surface area contributed by atoms with Gasteiger partial charge < -0.3 is 4.74 Å². The molecule has 0 aromatic carbocycles. The summed E-state index contributed by atoms with van der Waals surface area (Å²) in [6, 6.07) is 0. The van der Waals surface area contributed by atoms with Gasteiger partial charge in [-0.25, -0.2) is 8.42 Å². The summed E-state index contributed by atoms with van der Waals surface area (Å²) in [6.45, 7) is 6.16. The summed E-state index contributed by atoms with van der Waals surface area (Å²) in [4.78, 5) is 14.5. The SMILES string of the molecule is CC(C)(C)OC(=O)C(C)(CCN=[N+]=[N-])S(C)(=O)=O. The molecule has 18 heavy (non-hydrogen) atoms.